The molecule has 8 aromatic rings. The smallest absolute Gasteiger partial charge is 0.164 e. The molecule has 4 heterocycles. The van der Waals surface area contributed by atoms with Gasteiger partial charge in [0.2, 0.25) is 0 Å². The van der Waals surface area contributed by atoms with E-state index in [1.807, 2.05) is 27.7 Å². The summed E-state index contributed by atoms with van der Waals surface area (Å²) in [7, 11) is -3.82. The van der Waals surface area contributed by atoms with Crippen LogP contribution in [-0.4, -0.2) is 36.0 Å². The molecule has 0 amide bonds. The van der Waals surface area contributed by atoms with Crippen LogP contribution >= 0.6 is 7.51 Å². The maximum Gasteiger partial charge on any atom is 0.164 e. The summed E-state index contributed by atoms with van der Waals surface area (Å²) < 4.78 is 37.3. The molecule has 4 aliphatic heterocycles. The second kappa shape index (κ2) is 17.5. The van der Waals surface area contributed by atoms with Crippen molar-refractivity contribution in [2.45, 2.75) is 85.8 Å². The van der Waals surface area contributed by atoms with Gasteiger partial charge < -0.3 is 18.9 Å². The first-order valence-electron chi connectivity index (χ1n) is 24.7. The number of rotatable bonds is 8. The van der Waals surface area contributed by atoms with Gasteiger partial charge in [-0.05, 0) is 72.2 Å². The van der Waals surface area contributed by atoms with Crippen molar-refractivity contribution in [3.05, 3.63) is 287 Å². The van der Waals surface area contributed by atoms with Gasteiger partial charge in [0.05, 0.1) is 0 Å². The average Bonchev–Trinajstić information content (AvgIpc) is 3.89. The van der Waals surface area contributed by atoms with Crippen molar-refractivity contribution >= 4 is 7.51 Å². The van der Waals surface area contributed by atoms with Gasteiger partial charge in [-0.25, -0.2) is 20.0 Å². The van der Waals surface area contributed by atoms with Crippen molar-refractivity contribution in [1.82, 2.24) is 15.3 Å². The first-order chi connectivity index (χ1) is 34.5. The summed E-state index contributed by atoms with van der Waals surface area (Å²) in [6.45, 7) is 8.12. The second-order valence-electron chi connectivity index (χ2n) is 20.1. The van der Waals surface area contributed by atoms with Gasteiger partial charge >= 0.3 is 0 Å². The van der Waals surface area contributed by atoms with Crippen LogP contribution < -0.4 is 15.3 Å². The molecule has 12 rings (SSSR count). The van der Waals surface area contributed by atoms with Crippen molar-refractivity contribution < 1.29 is 18.9 Å². The second-order valence-corrected chi connectivity index (χ2v) is 22.3. The zero-order valence-electron chi connectivity index (χ0n) is 40.4. The molecular formula is C62H59N4O4P. The molecule has 0 saturated carbocycles. The minimum atomic E-state index is -3.82. The molecule has 4 aliphatic rings. The number of hydrogen-bond donors (Lipinski definition) is 3. The first-order valence-corrected chi connectivity index (χ1v) is 26.5. The van der Waals surface area contributed by atoms with E-state index < -0.39 is 65.7 Å². The molecular weight excluding hydrogens is 896 g/mol. The summed E-state index contributed by atoms with van der Waals surface area (Å²) in [5, 5.41) is 13.9. The van der Waals surface area contributed by atoms with E-state index in [0.717, 1.165) is 44.5 Å². The Labute approximate surface area is 417 Å². The van der Waals surface area contributed by atoms with E-state index in [4.69, 9.17) is 23.7 Å². The van der Waals surface area contributed by atoms with E-state index in [9.17, 15) is 0 Å². The Morgan fingerprint density at radius 3 is 0.732 bits per heavy atom. The minimum Gasteiger partial charge on any atom is -0.342 e. The molecule has 0 unspecified atom stereocenters. The fraction of sp³-hybridized carbons (Fsp3) is 0.226. The van der Waals surface area contributed by atoms with Gasteiger partial charge in [-0.15, -0.1) is 0 Å². The maximum atomic E-state index is 7.64. The summed E-state index contributed by atoms with van der Waals surface area (Å²) in [5.74, 6) is -2.07. The fourth-order valence-electron chi connectivity index (χ4n) is 12.3. The van der Waals surface area contributed by atoms with E-state index in [2.05, 4.69) is 258 Å². The monoisotopic (exact) mass is 954 g/mol. The molecule has 0 bridgehead atoms. The van der Waals surface area contributed by atoms with Crippen LogP contribution in [-0.2, 0) is 41.1 Å². The summed E-state index contributed by atoms with van der Waals surface area (Å²) in [6, 6.07) is 85.7. The predicted octanol–water partition coefficient (Wildman–Crippen LogP) is 12.5. The van der Waals surface area contributed by atoms with Crippen LogP contribution in [0.1, 0.15) is 72.2 Å². The molecule has 0 aromatic heterocycles. The quantitative estimate of drug-likeness (QED) is 0.131. The lowest BCUT2D eigenvalue weighted by molar-refractivity contribution is -0.156. The number of nitrogens with zero attached hydrogens (tertiary/aromatic N) is 1. The van der Waals surface area contributed by atoms with Crippen LogP contribution in [0.15, 0.2) is 247 Å². The Morgan fingerprint density at radius 1 is 0.296 bits per heavy atom. The highest BCUT2D eigenvalue weighted by Crippen LogP contribution is 2.67. The van der Waals surface area contributed by atoms with Crippen molar-refractivity contribution in [2.24, 2.45) is 4.74 Å². The molecule has 356 valence electrons. The summed E-state index contributed by atoms with van der Waals surface area (Å²) in [4.78, 5) is 0. The summed E-state index contributed by atoms with van der Waals surface area (Å²) in [6.07, 6.45) is -2.80. The minimum absolute atomic E-state index is 0.688. The third-order valence-electron chi connectivity index (χ3n) is 15.0. The zero-order chi connectivity index (χ0) is 48.4. The predicted molar refractivity (Wildman–Crippen MR) is 281 cm³/mol. The number of ether oxygens (including phenoxy) is 4. The van der Waals surface area contributed by atoms with Gasteiger partial charge in [0, 0.05) is 0 Å². The molecule has 3 saturated heterocycles. The molecule has 8 nitrogen and oxygen atoms in total. The highest BCUT2D eigenvalue weighted by molar-refractivity contribution is 7.60. The van der Waals surface area contributed by atoms with Crippen molar-refractivity contribution in [2.75, 3.05) is 0 Å². The molecule has 4 atom stereocenters. The van der Waals surface area contributed by atoms with Gasteiger partial charge in [-0.3, -0.25) is 0 Å². The van der Waals surface area contributed by atoms with Crippen LogP contribution in [0.3, 0.4) is 0 Å². The molecule has 0 radical (unpaired) electrons. The lowest BCUT2D eigenvalue weighted by atomic mass is 9.69. The van der Waals surface area contributed by atoms with E-state index in [1.165, 1.54) is 0 Å². The average molecular weight is 955 g/mol. The highest BCUT2D eigenvalue weighted by atomic mass is 31.2. The number of benzene rings is 8. The molecule has 9 heteroatoms. The van der Waals surface area contributed by atoms with E-state index in [1.54, 1.807) is 0 Å². The van der Waals surface area contributed by atoms with E-state index in [-0.39, 0.29) is 0 Å². The summed E-state index contributed by atoms with van der Waals surface area (Å²) in [5.41, 5.74) is 3.11. The maximum absolute atomic E-state index is 7.64. The third-order valence-corrected chi connectivity index (χ3v) is 17.7. The third kappa shape index (κ3) is 7.35. The molecule has 8 aromatic carbocycles. The Kier molecular flexibility index (Phi) is 11.3. The Balaban J connectivity index is 1.34. The van der Waals surface area contributed by atoms with Gasteiger partial charge in [0.15, 0.2) is 19.1 Å². The van der Waals surface area contributed by atoms with Gasteiger partial charge in [0.1, 0.15) is 46.6 Å². The standard InChI is InChI=1S/C62H59N4O4P/c1-57(2)67-53-54(68-57)60(47-33-17-7-18-34-47,48-35-19-8-20-36-48)64-71(63-59(53,45-29-13-5-14-30-45)46-31-15-6-16-32-46)65-61(49-37-21-9-22-38-49,50-39-23-10-24-40-50)55-56(70-58(3,4)69-55)62(66-71,51-41-25-11-26-42-51)52-43-27-12-28-44-52/h5-44,53-56,63-65H,1-4H3/t53-,54-,55-,56-/m1/s1. The Bertz CT molecular complexity index is 2900. The highest BCUT2D eigenvalue weighted by Gasteiger charge is 2.71. The fourth-order valence-corrected chi connectivity index (χ4v) is 16.1. The van der Waals surface area contributed by atoms with Crippen LogP contribution in [0.5, 0.6) is 0 Å². The van der Waals surface area contributed by atoms with Gasteiger partial charge in [0.25, 0.3) is 0 Å². The van der Waals surface area contributed by atoms with Crippen LogP contribution in [0.4, 0.5) is 0 Å². The number of nitrogens with one attached hydrogen (secondary N) is 3. The summed E-state index contributed by atoms with van der Waals surface area (Å²) >= 11 is 0. The largest absolute Gasteiger partial charge is 0.342 e. The lowest BCUT2D eigenvalue weighted by Crippen LogP contribution is -2.60. The molecule has 1 spiro atoms. The van der Waals surface area contributed by atoms with Crippen molar-refractivity contribution in [3.8, 4) is 0 Å². The Hall–Kier alpha value is -6.29. The van der Waals surface area contributed by atoms with Crippen molar-refractivity contribution in [3.63, 3.8) is 0 Å². The van der Waals surface area contributed by atoms with Crippen LogP contribution in [0.2, 0.25) is 0 Å². The zero-order valence-corrected chi connectivity index (χ0v) is 41.3. The number of fused-ring (bicyclic) bond motifs is 2. The van der Waals surface area contributed by atoms with Gasteiger partial charge in [-0.1, -0.05) is 243 Å². The van der Waals surface area contributed by atoms with Crippen LogP contribution in [0, 0.1) is 0 Å². The molecule has 71 heavy (non-hydrogen) atoms. The first kappa shape index (κ1) is 45.8. The lowest BCUT2D eigenvalue weighted by Gasteiger charge is -2.48. The van der Waals surface area contributed by atoms with Crippen molar-refractivity contribution in [1.29, 1.82) is 0 Å². The van der Waals surface area contributed by atoms with E-state index in [0.29, 0.717) is 0 Å². The topological polar surface area (TPSA) is 85.4 Å². The molecule has 0 aliphatic carbocycles. The molecule has 3 N–H and O–H groups in total. The Morgan fingerprint density at radius 2 is 0.493 bits per heavy atom. The van der Waals surface area contributed by atoms with Gasteiger partial charge in [-0.2, -0.15) is 0 Å². The molecule has 3 fully saturated rings. The number of hydrogen-bond acceptors (Lipinski definition) is 8. The van der Waals surface area contributed by atoms with E-state index >= 15 is 0 Å². The SMILES string of the molecule is CC1(C)O[C@@H]2[C@@H](O1)C(c1ccccc1)(c1ccccc1)NP1(=NC2(c2ccccc2)c2ccccc2)NC(c2ccccc2)(c2ccccc2)[C@@H]2OC(C)(C)O[C@H]2C(c2ccccc2)(c2ccccc2)N1. The van der Waals surface area contributed by atoms with Crippen LogP contribution in [0.25, 0.3) is 0 Å². The normalized spacial score (nSPS) is 24.8.